The van der Waals surface area contributed by atoms with Gasteiger partial charge in [-0.25, -0.2) is 4.98 Å². The molecule has 0 fully saturated rings. The molecule has 0 saturated heterocycles. The van der Waals surface area contributed by atoms with Gasteiger partial charge in [0.25, 0.3) is 0 Å². The first-order chi connectivity index (χ1) is 13.6. The molecule has 0 spiro atoms. The van der Waals surface area contributed by atoms with Crippen LogP contribution in [0.3, 0.4) is 0 Å². The minimum absolute atomic E-state index is 0.0604. The monoisotopic (exact) mass is 382 g/mol. The van der Waals surface area contributed by atoms with Gasteiger partial charge in [-0.2, -0.15) is 0 Å². The van der Waals surface area contributed by atoms with Gasteiger partial charge in [0.2, 0.25) is 5.91 Å². The molecule has 3 aromatic rings. The number of aliphatic hydroxyl groups is 1. The lowest BCUT2D eigenvalue weighted by Gasteiger charge is -2.26. The number of nitrogens with zero attached hydrogens (tertiary/aromatic N) is 2. The van der Waals surface area contributed by atoms with Crippen LogP contribution in [0.5, 0.6) is 5.75 Å². The van der Waals surface area contributed by atoms with Crippen LogP contribution in [0.1, 0.15) is 17.7 Å². The van der Waals surface area contributed by atoms with E-state index in [1.807, 2.05) is 37.3 Å². The smallest absolute Gasteiger partial charge is 0.221 e. The third kappa shape index (κ3) is 4.80. The van der Waals surface area contributed by atoms with Crippen LogP contribution in [-0.4, -0.2) is 47.8 Å². The third-order valence-corrected chi connectivity index (χ3v) is 4.60. The van der Waals surface area contributed by atoms with Gasteiger partial charge in [-0.05, 0) is 48.9 Å². The first-order valence-corrected chi connectivity index (χ1v) is 9.30. The van der Waals surface area contributed by atoms with Gasteiger partial charge >= 0.3 is 0 Å². The molecule has 0 bridgehead atoms. The Morgan fingerprint density at radius 3 is 2.89 bits per heavy atom. The van der Waals surface area contributed by atoms with E-state index in [1.54, 1.807) is 13.3 Å². The lowest BCUT2D eigenvalue weighted by atomic mass is 10.1. The molecule has 0 saturated carbocycles. The minimum atomic E-state index is -0.0801. The van der Waals surface area contributed by atoms with Gasteiger partial charge in [-0.3, -0.25) is 4.79 Å². The Bertz CT molecular complexity index is 905. The zero-order chi connectivity index (χ0) is 19.9. The van der Waals surface area contributed by atoms with Crippen molar-refractivity contribution in [3.8, 4) is 5.75 Å². The molecule has 7 nitrogen and oxygen atoms in total. The van der Waals surface area contributed by atoms with Crippen molar-refractivity contribution in [2.45, 2.75) is 19.9 Å². The molecular weight excluding hydrogens is 356 g/mol. The summed E-state index contributed by atoms with van der Waals surface area (Å²) in [5.41, 5.74) is 4.00. The number of anilines is 1. The molecular formula is C21H26N4O3. The van der Waals surface area contributed by atoms with E-state index >= 15 is 0 Å². The Labute approximate surface area is 164 Å². The van der Waals surface area contributed by atoms with Crippen molar-refractivity contribution in [2.24, 2.45) is 0 Å². The number of carbonyl (C=O) groups is 1. The fraction of sp³-hybridized carbons (Fsp3) is 0.333. The number of hydrogen-bond acceptors (Lipinski definition) is 5. The number of pyridine rings is 1. The SMILES string of the molecule is COc1ccc(N(CCC(=O)NCCO)Cc2cc3cccnc3[nH]2)c(C)c1. The summed E-state index contributed by atoms with van der Waals surface area (Å²) in [5.74, 6) is 0.722. The summed E-state index contributed by atoms with van der Waals surface area (Å²) in [7, 11) is 1.65. The number of nitrogens with one attached hydrogen (secondary N) is 2. The highest BCUT2D eigenvalue weighted by atomic mass is 16.5. The Balaban J connectivity index is 1.82. The maximum atomic E-state index is 12.0. The van der Waals surface area contributed by atoms with Gasteiger partial charge in [-0.15, -0.1) is 0 Å². The lowest BCUT2D eigenvalue weighted by molar-refractivity contribution is -0.121. The number of aliphatic hydroxyl groups excluding tert-OH is 1. The zero-order valence-electron chi connectivity index (χ0n) is 16.2. The third-order valence-electron chi connectivity index (χ3n) is 4.60. The Hall–Kier alpha value is -3.06. The van der Waals surface area contributed by atoms with Crippen LogP contribution in [0.25, 0.3) is 11.0 Å². The molecule has 0 aliphatic carbocycles. The maximum Gasteiger partial charge on any atom is 0.221 e. The van der Waals surface area contributed by atoms with E-state index in [0.29, 0.717) is 19.5 Å². The fourth-order valence-electron chi connectivity index (χ4n) is 3.22. The summed E-state index contributed by atoms with van der Waals surface area (Å²) in [6, 6.07) is 11.9. The maximum absolute atomic E-state index is 12.0. The first-order valence-electron chi connectivity index (χ1n) is 9.30. The second kappa shape index (κ2) is 9.23. The number of rotatable bonds is 9. The van der Waals surface area contributed by atoms with Crippen molar-refractivity contribution < 1.29 is 14.6 Å². The van der Waals surface area contributed by atoms with Crippen LogP contribution in [0, 0.1) is 6.92 Å². The number of fused-ring (bicyclic) bond motifs is 1. The van der Waals surface area contributed by atoms with Crippen molar-refractivity contribution in [2.75, 3.05) is 31.7 Å². The molecule has 0 radical (unpaired) electrons. The second-order valence-corrected chi connectivity index (χ2v) is 6.63. The van der Waals surface area contributed by atoms with Gasteiger partial charge in [0.1, 0.15) is 11.4 Å². The number of benzene rings is 1. The summed E-state index contributed by atoms with van der Waals surface area (Å²) in [5, 5.41) is 12.6. The van der Waals surface area contributed by atoms with Gasteiger partial charge in [-0.1, -0.05) is 0 Å². The average molecular weight is 382 g/mol. The molecule has 7 heteroatoms. The van der Waals surface area contributed by atoms with E-state index in [2.05, 4.69) is 26.3 Å². The first kappa shape index (κ1) is 19.7. The number of carbonyl (C=O) groups excluding carboxylic acids is 1. The largest absolute Gasteiger partial charge is 0.497 e. The fourth-order valence-corrected chi connectivity index (χ4v) is 3.22. The molecule has 28 heavy (non-hydrogen) atoms. The number of H-pyrrole nitrogens is 1. The molecule has 0 atom stereocenters. The van der Waals surface area contributed by atoms with Gasteiger partial charge in [0.05, 0.1) is 20.3 Å². The number of hydrogen-bond donors (Lipinski definition) is 3. The number of aromatic amines is 1. The Morgan fingerprint density at radius 1 is 1.32 bits per heavy atom. The molecule has 1 amide bonds. The highest BCUT2D eigenvalue weighted by Crippen LogP contribution is 2.27. The standard InChI is InChI=1S/C21H26N4O3/c1-15-12-18(28-2)5-6-19(15)25(10-7-20(27)22-9-11-26)14-17-13-16-4-3-8-23-21(16)24-17/h3-6,8,12-13,26H,7,9-11,14H2,1-2H3,(H,22,27)(H,23,24). The van der Waals surface area contributed by atoms with Gasteiger partial charge in [0.15, 0.2) is 0 Å². The van der Waals surface area contributed by atoms with Crippen molar-refractivity contribution >= 4 is 22.6 Å². The molecule has 3 rings (SSSR count). The number of aromatic nitrogens is 2. The Morgan fingerprint density at radius 2 is 2.18 bits per heavy atom. The topological polar surface area (TPSA) is 90.5 Å². The zero-order valence-corrected chi connectivity index (χ0v) is 16.2. The highest BCUT2D eigenvalue weighted by Gasteiger charge is 2.14. The van der Waals surface area contributed by atoms with Gasteiger partial charge in [0, 0.05) is 42.5 Å². The van der Waals surface area contributed by atoms with Crippen LogP contribution in [-0.2, 0) is 11.3 Å². The van der Waals surface area contributed by atoms with E-state index in [-0.39, 0.29) is 19.1 Å². The molecule has 148 valence electrons. The van der Waals surface area contributed by atoms with Crippen molar-refractivity contribution in [3.05, 3.63) is 53.9 Å². The number of methoxy groups -OCH3 is 1. The lowest BCUT2D eigenvalue weighted by Crippen LogP contribution is -2.32. The highest BCUT2D eigenvalue weighted by molar-refractivity contribution is 5.77. The van der Waals surface area contributed by atoms with Gasteiger partial charge < -0.3 is 25.0 Å². The summed E-state index contributed by atoms with van der Waals surface area (Å²) in [6.45, 7) is 3.41. The molecule has 0 aliphatic heterocycles. The second-order valence-electron chi connectivity index (χ2n) is 6.63. The van der Waals surface area contributed by atoms with Crippen LogP contribution >= 0.6 is 0 Å². The number of ether oxygens (including phenoxy) is 1. The molecule has 2 aromatic heterocycles. The summed E-state index contributed by atoms with van der Waals surface area (Å²) >= 11 is 0. The van der Waals surface area contributed by atoms with E-state index in [1.165, 1.54) is 0 Å². The normalized spacial score (nSPS) is 10.8. The van der Waals surface area contributed by atoms with Crippen molar-refractivity contribution in [1.29, 1.82) is 0 Å². The predicted octanol–water partition coefficient (Wildman–Crippen LogP) is 2.39. The molecule has 2 heterocycles. The minimum Gasteiger partial charge on any atom is -0.497 e. The van der Waals surface area contributed by atoms with Crippen LogP contribution in [0.2, 0.25) is 0 Å². The van der Waals surface area contributed by atoms with Crippen LogP contribution in [0.4, 0.5) is 5.69 Å². The van der Waals surface area contributed by atoms with E-state index < -0.39 is 0 Å². The predicted molar refractivity (Wildman–Crippen MR) is 110 cm³/mol. The molecule has 3 N–H and O–H groups in total. The summed E-state index contributed by atoms with van der Waals surface area (Å²) in [4.78, 5) is 21.9. The number of aryl methyl sites for hydroxylation is 1. The van der Waals surface area contributed by atoms with Crippen molar-refractivity contribution in [3.63, 3.8) is 0 Å². The van der Waals surface area contributed by atoms with E-state index in [9.17, 15) is 4.79 Å². The van der Waals surface area contributed by atoms with Crippen LogP contribution in [0.15, 0.2) is 42.6 Å². The Kier molecular flexibility index (Phi) is 6.49. The van der Waals surface area contributed by atoms with Crippen LogP contribution < -0.4 is 15.0 Å². The summed E-state index contributed by atoms with van der Waals surface area (Å²) in [6.07, 6.45) is 2.10. The van der Waals surface area contributed by atoms with E-state index in [0.717, 1.165) is 33.7 Å². The molecule has 1 aromatic carbocycles. The van der Waals surface area contributed by atoms with Crippen molar-refractivity contribution in [1.82, 2.24) is 15.3 Å². The average Bonchev–Trinajstić information content (AvgIpc) is 3.12. The molecule has 0 aliphatic rings. The molecule has 0 unspecified atom stereocenters. The number of amides is 1. The quantitative estimate of drug-likeness (QED) is 0.529. The summed E-state index contributed by atoms with van der Waals surface area (Å²) < 4.78 is 5.31. The van der Waals surface area contributed by atoms with E-state index in [4.69, 9.17) is 9.84 Å².